The van der Waals surface area contributed by atoms with Crippen LogP contribution in [0.25, 0.3) is 0 Å². The van der Waals surface area contributed by atoms with Crippen LogP contribution < -0.4 is 5.73 Å². The summed E-state index contributed by atoms with van der Waals surface area (Å²) in [5.41, 5.74) is 5.89. The second-order valence-corrected chi connectivity index (χ2v) is 4.56. The highest BCUT2D eigenvalue weighted by molar-refractivity contribution is 4.93. The lowest BCUT2D eigenvalue weighted by Gasteiger charge is -2.29. The van der Waals surface area contributed by atoms with Crippen LogP contribution >= 0.6 is 0 Å². The molecule has 0 amide bonds. The SMILES string of the molecule is NC(CCO)CN1CC2CCC1C2. The summed E-state index contributed by atoms with van der Waals surface area (Å²) < 4.78 is 0. The fourth-order valence-electron chi connectivity index (χ4n) is 2.81. The molecule has 0 aromatic carbocycles. The maximum atomic E-state index is 8.74. The molecule has 2 fully saturated rings. The monoisotopic (exact) mass is 184 g/mol. The number of rotatable bonds is 4. The highest BCUT2D eigenvalue weighted by atomic mass is 16.3. The third kappa shape index (κ3) is 2.03. The Hall–Kier alpha value is -0.120. The summed E-state index contributed by atoms with van der Waals surface area (Å²) in [6.45, 7) is 2.47. The van der Waals surface area contributed by atoms with Crippen molar-refractivity contribution in [1.82, 2.24) is 4.90 Å². The summed E-state index contributed by atoms with van der Waals surface area (Å²) in [6.07, 6.45) is 4.94. The maximum Gasteiger partial charge on any atom is 0.0446 e. The Morgan fingerprint density at radius 1 is 1.46 bits per heavy atom. The van der Waals surface area contributed by atoms with Crippen molar-refractivity contribution in [2.45, 2.75) is 37.8 Å². The molecule has 3 N–H and O–H groups in total. The second kappa shape index (κ2) is 3.95. The van der Waals surface area contributed by atoms with Crippen molar-refractivity contribution in [3.05, 3.63) is 0 Å². The van der Waals surface area contributed by atoms with Crippen molar-refractivity contribution in [1.29, 1.82) is 0 Å². The zero-order valence-corrected chi connectivity index (χ0v) is 8.15. The third-order valence-electron chi connectivity index (χ3n) is 3.49. The number of piperidine rings is 1. The van der Waals surface area contributed by atoms with Gasteiger partial charge in [-0.2, -0.15) is 0 Å². The first-order valence-electron chi connectivity index (χ1n) is 5.40. The van der Waals surface area contributed by atoms with Crippen molar-refractivity contribution >= 4 is 0 Å². The average molecular weight is 184 g/mol. The molecule has 0 aromatic heterocycles. The number of aliphatic hydroxyl groups excluding tert-OH is 1. The van der Waals surface area contributed by atoms with E-state index in [1.165, 1.54) is 25.8 Å². The molecule has 1 saturated heterocycles. The van der Waals surface area contributed by atoms with Gasteiger partial charge in [-0.1, -0.05) is 0 Å². The van der Waals surface area contributed by atoms with Crippen LogP contribution in [0, 0.1) is 5.92 Å². The molecule has 3 atom stereocenters. The summed E-state index contributed by atoms with van der Waals surface area (Å²) in [5, 5.41) is 8.74. The molecule has 0 spiro atoms. The van der Waals surface area contributed by atoms with Gasteiger partial charge >= 0.3 is 0 Å². The fourth-order valence-corrected chi connectivity index (χ4v) is 2.81. The van der Waals surface area contributed by atoms with E-state index >= 15 is 0 Å². The predicted octanol–water partition coefficient (Wildman–Crippen LogP) is 0.180. The topological polar surface area (TPSA) is 49.5 Å². The maximum absolute atomic E-state index is 8.74. The Labute approximate surface area is 79.9 Å². The van der Waals surface area contributed by atoms with E-state index in [9.17, 15) is 0 Å². The Kier molecular flexibility index (Phi) is 2.86. The Morgan fingerprint density at radius 2 is 2.31 bits per heavy atom. The van der Waals surface area contributed by atoms with Crippen molar-refractivity contribution < 1.29 is 5.11 Å². The van der Waals surface area contributed by atoms with E-state index in [1.54, 1.807) is 0 Å². The molecule has 2 aliphatic rings. The summed E-state index contributed by atoms with van der Waals surface area (Å²) >= 11 is 0. The van der Waals surface area contributed by atoms with Gasteiger partial charge in [0.25, 0.3) is 0 Å². The lowest BCUT2D eigenvalue weighted by Crippen LogP contribution is -2.42. The number of hydrogen-bond donors (Lipinski definition) is 2. The first-order valence-corrected chi connectivity index (χ1v) is 5.40. The molecule has 0 radical (unpaired) electrons. The number of nitrogens with zero attached hydrogens (tertiary/aromatic N) is 1. The molecule has 3 nitrogen and oxygen atoms in total. The van der Waals surface area contributed by atoms with Gasteiger partial charge < -0.3 is 10.8 Å². The van der Waals surface area contributed by atoms with E-state index in [2.05, 4.69) is 4.90 Å². The van der Waals surface area contributed by atoms with Gasteiger partial charge in [0.15, 0.2) is 0 Å². The van der Waals surface area contributed by atoms with Crippen LogP contribution in [-0.4, -0.2) is 41.8 Å². The minimum atomic E-state index is 0.171. The molecular formula is C10H20N2O. The number of aliphatic hydroxyl groups is 1. The van der Waals surface area contributed by atoms with Gasteiger partial charge in [-0.3, -0.25) is 4.90 Å². The first-order chi connectivity index (χ1) is 6.29. The van der Waals surface area contributed by atoms with Gasteiger partial charge in [0.2, 0.25) is 0 Å². The van der Waals surface area contributed by atoms with E-state index in [1.807, 2.05) is 0 Å². The van der Waals surface area contributed by atoms with Gasteiger partial charge in [0.1, 0.15) is 0 Å². The lowest BCUT2D eigenvalue weighted by atomic mass is 10.1. The zero-order valence-electron chi connectivity index (χ0n) is 8.15. The van der Waals surface area contributed by atoms with Crippen molar-refractivity contribution in [2.24, 2.45) is 11.7 Å². The highest BCUT2D eigenvalue weighted by Crippen LogP contribution is 2.37. The van der Waals surface area contributed by atoms with Crippen LogP contribution in [0.5, 0.6) is 0 Å². The molecule has 2 rings (SSSR count). The standard InChI is InChI=1S/C10H20N2O/c11-9(3-4-13)7-12-6-8-1-2-10(12)5-8/h8-10,13H,1-7,11H2. The van der Waals surface area contributed by atoms with Crippen LogP contribution in [0.4, 0.5) is 0 Å². The summed E-state index contributed by atoms with van der Waals surface area (Å²) in [7, 11) is 0. The van der Waals surface area contributed by atoms with Crippen LogP contribution in [0.3, 0.4) is 0 Å². The molecule has 2 bridgehead atoms. The van der Waals surface area contributed by atoms with Crippen molar-refractivity contribution in [3.63, 3.8) is 0 Å². The third-order valence-corrected chi connectivity index (χ3v) is 3.49. The molecule has 13 heavy (non-hydrogen) atoms. The smallest absolute Gasteiger partial charge is 0.0446 e. The number of hydrogen-bond acceptors (Lipinski definition) is 3. The molecular weight excluding hydrogens is 164 g/mol. The highest BCUT2D eigenvalue weighted by Gasteiger charge is 2.37. The van der Waals surface area contributed by atoms with Gasteiger partial charge in [-0.25, -0.2) is 0 Å². The summed E-state index contributed by atoms with van der Waals surface area (Å²) in [4.78, 5) is 2.52. The van der Waals surface area contributed by atoms with Gasteiger partial charge in [-0.15, -0.1) is 0 Å². The molecule has 1 saturated carbocycles. The Bertz CT molecular complexity index is 174. The van der Waals surface area contributed by atoms with E-state index in [0.29, 0.717) is 0 Å². The van der Waals surface area contributed by atoms with E-state index < -0.39 is 0 Å². The normalized spacial score (nSPS) is 35.5. The second-order valence-electron chi connectivity index (χ2n) is 4.56. The lowest BCUT2D eigenvalue weighted by molar-refractivity contribution is 0.186. The van der Waals surface area contributed by atoms with Crippen LogP contribution in [0.1, 0.15) is 25.7 Å². The Morgan fingerprint density at radius 3 is 2.85 bits per heavy atom. The average Bonchev–Trinajstić information content (AvgIpc) is 2.65. The summed E-state index contributed by atoms with van der Waals surface area (Å²) in [6, 6.07) is 0.985. The first kappa shape index (κ1) is 9.44. The quantitative estimate of drug-likeness (QED) is 0.655. The number of fused-ring (bicyclic) bond motifs is 2. The fraction of sp³-hybridized carbons (Fsp3) is 1.00. The van der Waals surface area contributed by atoms with Crippen molar-refractivity contribution in [2.75, 3.05) is 19.7 Å². The molecule has 3 unspecified atom stereocenters. The van der Waals surface area contributed by atoms with Crippen LogP contribution in [-0.2, 0) is 0 Å². The van der Waals surface area contributed by atoms with Gasteiger partial charge in [0.05, 0.1) is 0 Å². The number of likely N-dealkylation sites (tertiary alicyclic amines) is 1. The van der Waals surface area contributed by atoms with Gasteiger partial charge in [-0.05, 0) is 31.6 Å². The van der Waals surface area contributed by atoms with Crippen molar-refractivity contribution in [3.8, 4) is 0 Å². The van der Waals surface area contributed by atoms with Crippen LogP contribution in [0.15, 0.2) is 0 Å². The van der Waals surface area contributed by atoms with E-state index in [-0.39, 0.29) is 12.6 Å². The van der Waals surface area contributed by atoms with E-state index in [0.717, 1.165) is 24.9 Å². The van der Waals surface area contributed by atoms with Gasteiger partial charge in [0, 0.05) is 31.8 Å². The summed E-state index contributed by atoms with van der Waals surface area (Å²) in [5.74, 6) is 0.950. The molecule has 1 heterocycles. The molecule has 0 aromatic rings. The predicted molar refractivity (Wildman–Crippen MR) is 52.4 cm³/mol. The molecule has 76 valence electrons. The van der Waals surface area contributed by atoms with E-state index in [4.69, 9.17) is 10.8 Å². The number of nitrogens with two attached hydrogens (primary N) is 1. The minimum Gasteiger partial charge on any atom is -0.396 e. The zero-order chi connectivity index (χ0) is 9.26. The Balaban J connectivity index is 1.76. The molecule has 1 aliphatic carbocycles. The largest absolute Gasteiger partial charge is 0.396 e. The minimum absolute atomic E-state index is 0.171. The van der Waals surface area contributed by atoms with Crippen LogP contribution in [0.2, 0.25) is 0 Å². The molecule has 3 heteroatoms. The molecule has 1 aliphatic heterocycles.